The van der Waals surface area contributed by atoms with Crippen molar-refractivity contribution in [3.63, 3.8) is 0 Å². The van der Waals surface area contributed by atoms with Crippen LogP contribution in [0.2, 0.25) is 0 Å². The van der Waals surface area contributed by atoms with Crippen molar-refractivity contribution in [2.75, 3.05) is 38.6 Å². The third kappa shape index (κ3) is 4.96. The van der Waals surface area contributed by atoms with Gasteiger partial charge in [0.25, 0.3) is 0 Å². The summed E-state index contributed by atoms with van der Waals surface area (Å²) in [5.74, 6) is 0.0520. The average Bonchev–Trinajstić information content (AvgIpc) is 2.87. The number of rotatable bonds is 6. The highest BCUT2D eigenvalue weighted by Gasteiger charge is 2.31. The lowest BCUT2D eigenvalue weighted by atomic mass is 10.1. The minimum absolute atomic E-state index is 0.0520. The van der Waals surface area contributed by atoms with Gasteiger partial charge in [-0.05, 0) is 64.2 Å². The fourth-order valence-electron chi connectivity index (χ4n) is 2.78. The molecule has 1 aliphatic rings. The molecule has 0 radical (unpaired) electrons. The van der Waals surface area contributed by atoms with E-state index in [4.69, 9.17) is 0 Å². The van der Waals surface area contributed by atoms with Gasteiger partial charge in [0, 0.05) is 25.2 Å². The summed E-state index contributed by atoms with van der Waals surface area (Å²) in [5.41, 5.74) is 3.27. The molecule has 0 saturated carbocycles. The fraction of sp³-hybridized carbons (Fsp3) is 0.556. The van der Waals surface area contributed by atoms with Gasteiger partial charge in [0.2, 0.25) is 5.91 Å². The minimum atomic E-state index is -0.200. The van der Waals surface area contributed by atoms with Crippen LogP contribution in [0.3, 0.4) is 0 Å². The van der Waals surface area contributed by atoms with E-state index in [1.165, 1.54) is 5.56 Å². The molecule has 0 aromatic heterocycles. The van der Waals surface area contributed by atoms with Crippen molar-refractivity contribution < 1.29 is 9.59 Å². The number of amides is 3. The Morgan fingerprint density at radius 3 is 2.71 bits per heavy atom. The van der Waals surface area contributed by atoms with Crippen LogP contribution in [0.5, 0.6) is 0 Å². The molecule has 1 saturated heterocycles. The number of benzene rings is 1. The second kappa shape index (κ2) is 8.15. The van der Waals surface area contributed by atoms with Gasteiger partial charge in [-0.2, -0.15) is 0 Å². The summed E-state index contributed by atoms with van der Waals surface area (Å²) in [6, 6.07) is 5.67. The van der Waals surface area contributed by atoms with Gasteiger partial charge in [0.15, 0.2) is 0 Å². The van der Waals surface area contributed by atoms with Gasteiger partial charge >= 0.3 is 6.03 Å². The first kappa shape index (κ1) is 18.3. The standard InChI is InChI=1S/C18H28N4O2/c1-13-6-7-16(10-14(13)2)22-12-15(11-17(22)23)20-18(24)19-8-5-9-21(3)4/h6-7,10,15H,5,8-9,11-12H2,1-4H3,(H2,19,20,24). The molecule has 2 N–H and O–H groups in total. The Kier molecular flexibility index (Phi) is 6.20. The van der Waals surface area contributed by atoms with Crippen LogP contribution in [-0.2, 0) is 4.79 Å². The Morgan fingerprint density at radius 2 is 2.04 bits per heavy atom. The van der Waals surface area contributed by atoms with Crippen LogP contribution in [0.15, 0.2) is 18.2 Å². The molecule has 6 nitrogen and oxygen atoms in total. The number of aryl methyl sites for hydroxylation is 2. The smallest absolute Gasteiger partial charge is 0.315 e. The Labute approximate surface area is 144 Å². The molecule has 1 unspecified atom stereocenters. The number of carbonyl (C=O) groups excluding carboxylic acids is 2. The number of anilines is 1. The van der Waals surface area contributed by atoms with E-state index in [0.29, 0.717) is 19.5 Å². The topological polar surface area (TPSA) is 64.7 Å². The van der Waals surface area contributed by atoms with E-state index < -0.39 is 0 Å². The van der Waals surface area contributed by atoms with Crippen molar-refractivity contribution >= 4 is 17.6 Å². The van der Waals surface area contributed by atoms with Gasteiger partial charge in [-0.15, -0.1) is 0 Å². The quantitative estimate of drug-likeness (QED) is 0.779. The van der Waals surface area contributed by atoms with Crippen LogP contribution >= 0.6 is 0 Å². The zero-order valence-electron chi connectivity index (χ0n) is 15.1. The van der Waals surface area contributed by atoms with Gasteiger partial charge in [-0.25, -0.2) is 4.79 Å². The van der Waals surface area contributed by atoms with Gasteiger partial charge < -0.3 is 20.4 Å². The Bertz CT molecular complexity index is 601. The Balaban J connectivity index is 1.83. The highest BCUT2D eigenvalue weighted by Crippen LogP contribution is 2.24. The maximum absolute atomic E-state index is 12.2. The number of nitrogens with zero attached hydrogens (tertiary/aromatic N) is 2. The third-order valence-corrected chi connectivity index (χ3v) is 4.33. The predicted molar refractivity (Wildman–Crippen MR) is 96.4 cm³/mol. The molecule has 1 aliphatic heterocycles. The molecule has 2 rings (SSSR count). The average molecular weight is 332 g/mol. The zero-order valence-corrected chi connectivity index (χ0v) is 15.1. The summed E-state index contributed by atoms with van der Waals surface area (Å²) in [6.07, 6.45) is 1.25. The van der Waals surface area contributed by atoms with Gasteiger partial charge in [-0.1, -0.05) is 6.07 Å². The van der Waals surface area contributed by atoms with Crippen molar-refractivity contribution in [3.8, 4) is 0 Å². The molecule has 24 heavy (non-hydrogen) atoms. The SMILES string of the molecule is Cc1ccc(N2CC(NC(=O)NCCCN(C)C)CC2=O)cc1C. The summed E-state index contributed by atoms with van der Waals surface area (Å²) in [4.78, 5) is 28.0. The van der Waals surface area contributed by atoms with Crippen molar-refractivity contribution in [2.24, 2.45) is 0 Å². The maximum atomic E-state index is 12.2. The number of nitrogens with one attached hydrogen (secondary N) is 2. The molecular weight excluding hydrogens is 304 g/mol. The van der Waals surface area contributed by atoms with E-state index in [1.54, 1.807) is 4.90 Å². The van der Waals surface area contributed by atoms with Crippen molar-refractivity contribution in [2.45, 2.75) is 32.7 Å². The Hall–Kier alpha value is -2.08. The van der Waals surface area contributed by atoms with E-state index in [1.807, 2.05) is 39.2 Å². The van der Waals surface area contributed by atoms with Crippen LogP contribution < -0.4 is 15.5 Å². The summed E-state index contributed by atoms with van der Waals surface area (Å²) < 4.78 is 0. The summed E-state index contributed by atoms with van der Waals surface area (Å²) >= 11 is 0. The van der Waals surface area contributed by atoms with Crippen LogP contribution in [0.25, 0.3) is 0 Å². The molecule has 1 fully saturated rings. The molecule has 0 spiro atoms. The number of carbonyl (C=O) groups is 2. The molecule has 1 aromatic carbocycles. The minimum Gasteiger partial charge on any atom is -0.338 e. The number of urea groups is 1. The number of hydrogen-bond donors (Lipinski definition) is 2. The first-order valence-corrected chi connectivity index (χ1v) is 8.43. The first-order valence-electron chi connectivity index (χ1n) is 8.43. The van der Waals surface area contributed by atoms with E-state index in [-0.39, 0.29) is 18.0 Å². The fourth-order valence-corrected chi connectivity index (χ4v) is 2.78. The molecule has 132 valence electrons. The second-order valence-electron chi connectivity index (χ2n) is 6.73. The third-order valence-electron chi connectivity index (χ3n) is 4.33. The zero-order chi connectivity index (χ0) is 17.7. The van der Waals surface area contributed by atoms with Crippen LogP contribution in [0.4, 0.5) is 10.5 Å². The lowest BCUT2D eigenvalue weighted by Gasteiger charge is -2.18. The van der Waals surface area contributed by atoms with Gasteiger partial charge in [-0.3, -0.25) is 4.79 Å². The lowest BCUT2D eigenvalue weighted by molar-refractivity contribution is -0.117. The first-order chi connectivity index (χ1) is 11.4. The summed E-state index contributed by atoms with van der Waals surface area (Å²) in [6.45, 7) is 6.17. The molecule has 6 heteroatoms. The normalized spacial score (nSPS) is 17.5. The molecule has 1 heterocycles. The van der Waals surface area contributed by atoms with Crippen molar-refractivity contribution in [1.29, 1.82) is 0 Å². The van der Waals surface area contributed by atoms with E-state index in [2.05, 4.69) is 22.5 Å². The van der Waals surface area contributed by atoms with Crippen LogP contribution in [0.1, 0.15) is 24.0 Å². The van der Waals surface area contributed by atoms with Gasteiger partial charge in [0.05, 0.1) is 6.04 Å². The van der Waals surface area contributed by atoms with Crippen molar-refractivity contribution in [1.82, 2.24) is 15.5 Å². The van der Waals surface area contributed by atoms with E-state index in [0.717, 1.165) is 24.2 Å². The highest BCUT2D eigenvalue weighted by atomic mass is 16.2. The summed E-state index contributed by atoms with van der Waals surface area (Å²) in [7, 11) is 4.01. The van der Waals surface area contributed by atoms with E-state index in [9.17, 15) is 9.59 Å². The second-order valence-corrected chi connectivity index (χ2v) is 6.73. The monoisotopic (exact) mass is 332 g/mol. The van der Waals surface area contributed by atoms with Gasteiger partial charge in [0.1, 0.15) is 0 Å². The number of hydrogen-bond acceptors (Lipinski definition) is 3. The molecule has 0 bridgehead atoms. The van der Waals surface area contributed by atoms with Crippen LogP contribution in [-0.4, -0.2) is 56.6 Å². The highest BCUT2D eigenvalue weighted by molar-refractivity contribution is 5.96. The molecule has 3 amide bonds. The molecule has 1 atom stereocenters. The Morgan fingerprint density at radius 1 is 1.29 bits per heavy atom. The predicted octanol–water partition coefficient (Wildman–Crippen LogP) is 1.66. The maximum Gasteiger partial charge on any atom is 0.315 e. The van der Waals surface area contributed by atoms with Crippen LogP contribution in [0, 0.1) is 13.8 Å². The van der Waals surface area contributed by atoms with E-state index >= 15 is 0 Å². The van der Waals surface area contributed by atoms with Crippen molar-refractivity contribution in [3.05, 3.63) is 29.3 Å². The molecule has 0 aliphatic carbocycles. The lowest BCUT2D eigenvalue weighted by Crippen LogP contribution is -2.44. The summed E-state index contributed by atoms with van der Waals surface area (Å²) in [5, 5.41) is 5.74. The largest absolute Gasteiger partial charge is 0.338 e. The molecule has 1 aromatic rings. The molecular formula is C18H28N4O2.